The van der Waals surface area contributed by atoms with Crippen LogP contribution in [0, 0.1) is 0 Å². The standard InChI is InChI=1S/C31H63FO2/c1-4-7-8-9-10-11-12-13-14-15-18-21-24-27-31(5-2,34-6-3)30-33-29-26-23-20-17-16-19-22-25-28-32/h4-30H2,1-3H3. The number of rotatable bonds is 29. The van der Waals surface area contributed by atoms with Crippen molar-refractivity contribution in [1.29, 1.82) is 0 Å². The summed E-state index contributed by atoms with van der Waals surface area (Å²) in [6.07, 6.45) is 29.5. The van der Waals surface area contributed by atoms with Gasteiger partial charge in [-0.1, -0.05) is 136 Å². The zero-order valence-electron chi connectivity index (χ0n) is 23.8. The molecule has 0 amide bonds. The first kappa shape index (κ1) is 33.8. The van der Waals surface area contributed by atoms with Crippen molar-refractivity contribution >= 4 is 0 Å². The van der Waals surface area contributed by atoms with Gasteiger partial charge in [-0.2, -0.15) is 0 Å². The third-order valence-corrected chi connectivity index (χ3v) is 7.37. The maximum absolute atomic E-state index is 12.1. The van der Waals surface area contributed by atoms with Crippen molar-refractivity contribution in [2.45, 2.75) is 174 Å². The highest BCUT2D eigenvalue weighted by Gasteiger charge is 2.28. The monoisotopic (exact) mass is 486 g/mol. The van der Waals surface area contributed by atoms with E-state index in [0.717, 1.165) is 51.9 Å². The summed E-state index contributed by atoms with van der Waals surface area (Å²) < 4.78 is 24.4. The van der Waals surface area contributed by atoms with E-state index in [0.29, 0.717) is 0 Å². The molecule has 0 spiro atoms. The average Bonchev–Trinajstić information content (AvgIpc) is 2.85. The van der Waals surface area contributed by atoms with E-state index >= 15 is 0 Å². The molecule has 0 saturated carbocycles. The smallest absolute Gasteiger partial charge is 0.0912 e. The summed E-state index contributed by atoms with van der Waals surface area (Å²) in [5.74, 6) is 0. The van der Waals surface area contributed by atoms with Crippen molar-refractivity contribution in [3.05, 3.63) is 0 Å². The molecular weight excluding hydrogens is 423 g/mol. The molecule has 0 radical (unpaired) electrons. The third kappa shape index (κ3) is 22.3. The molecule has 0 aromatic rings. The molecule has 1 atom stereocenters. The molecule has 34 heavy (non-hydrogen) atoms. The summed E-state index contributed by atoms with van der Waals surface area (Å²) in [5.41, 5.74) is -0.0804. The number of hydrogen-bond donors (Lipinski definition) is 0. The predicted octanol–water partition coefficient (Wildman–Crippen LogP) is 10.8. The molecule has 0 bridgehead atoms. The maximum Gasteiger partial charge on any atom is 0.0912 e. The van der Waals surface area contributed by atoms with Crippen molar-refractivity contribution in [2.75, 3.05) is 26.5 Å². The fourth-order valence-electron chi connectivity index (χ4n) is 4.96. The van der Waals surface area contributed by atoms with Crippen LogP contribution < -0.4 is 0 Å². The highest BCUT2D eigenvalue weighted by atomic mass is 19.1. The van der Waals surface area contributed by atoms with E-state index < -0.39 is 0 Å². The van der Waals surface area contributed by atoms with Gasteiger partial charge in [-0.3, -0.25) is 4.39 Å². The van der Waals surface area contributed by atoms with Crippen LogP contribution in [0.25, 0.3) is 0 Å². The van der Waals surface area contributed by atoms with E-state index in [1.54, 1.807) is 0 Å². The quantitative estimate of drug-likeness (QED) is 0.0978. The zero-order valence-corrected chi connectivity index (χ0v) is 23.8. The first-order chi connectivity index (χ1) is 16.7. The highest BCUT2D eigenvalue weighted by molar-refractivity contribution is 4.79. The fourth-order valence-corrected chi connectivity index (χ4v) is 4.96. The summed E-state index contributed by atoms with van der Waals surface area (Å²) >= 11 is 0. The Bertz CT molecular complexity index is 376. The summed E-state index contributed by atoms with van der Waals surface area (Å²) in [6.45, 7) is 8.88. The first-order valence-electron chi connectivity index (χ1n) is 15.5. The molecule has 0 heterocycles. The van der Waals surface area contributed by atoms with E-state index in [1.807, 2.05) is 0 Å². The third-order valence-electron chi connectivity index (χ3n) is 7.37. The lowest BCUT2D eigenvalue weighted by molar-refractivity contribution is -0.102. The molecule has 0 fully saturated rings. The SMILES string of the molecule is CCCCCCCCCCCCCCCC(CC)(COCCCCCCCCCCF)OCC. The summed E-state index contributed by atoms with van der Waals surface area (Å²) in [6, 6.07) is 0. The van der Waals surface area contributed by atoms with Crippen LogP contribution in [0.4, 0.5) is 4.39 Å². The molecule has 3 heteroatoms. The maximum atomic E-state index is 12.1. The molecule has 0 aromatic heterocycles. The minimum Gasteiger partial charge on any atom is -0.378 e. The van der Waals surface area contributed by atoms with E-state index in [-0.39, 0.29) is 12.3 Å². The fraction of sp³-hybridized carbons (Fsp3) is 1.00. The van der Waals surface area contributed by atoms with Crippen LogP contribution in [0.1, 0.15) is 168 Å². The Morgan fingerprint density at radius 3 is 1.41 bits per heavy atom. The van der Waals surface area contributed by atoms with Gasteiger partial charge in [-0.25, -0.2) is 0 Å². The van der Waals surface area contributed by atoms with Crippen LogP contribution in [0.15, 0.2) is 0 Å². The molecule has 0 aliphatic rings. The van der Waals surface area contributed by atoms with Gasteiger partial charge in [0.15, 0.2) is 0 Å². The number of halogens is 1. The summed E-state index contributed by atoms with van der Waals surface area (Å²) in [5, 5.41) is 0. The lowest BCUT2D eigenvalue weighted by Gasteiger charge is -2.32. The molecule has 0 saturated heterocycles. The van der Waals surface area contributed by atoms with Crippen LogP contribution in [0.2, 0.25) is 0 Å². The second-order valence-electron chi connectivity index (χ2n) is 10.5. The number of ether oxygens (including phenoxy) is 2. The Hall–Kier alpha value is -0.150. The second kappa shape index (κ2) is 27.4. The van der Waals surface area contributed by atoms with Crippen molar-refractivity contribution in [3.63, 3.8) is 0 Å². The lowest BCUT2D eigenvalue weighted by atomic mass is 9.93. The first-order valence-corrected chi connectivity index (χ1v) is 15.5. The molecule has 2 nitrogen and oxygen atoms in total. The Morgan fingerprint density at radius 1 is 0.529 bits per heavy atom. The van der Waals surface area contributed by atoms with Crippen LogP contribution in [-0.4, -0.2) is 32.1 Å². The van der Waals surface area contributed by atoms with Gasteiger partial charge in [-0.05, 0) is 32.6 Å². The van der Waals surface area contributed by atoms with Crippen molar-refractivity contribution in [3.8, 4) is 0 Å². The van der Waals surface area contributed by atoms with E-state index in [2.05, 4.69) is 20.8 Å². The van der Waals surface area contributed by atoms with Gasteiger partial charge < -0.3 is 9.47 Å². The van der Waals surface area contributed by atoms with Gasteiger partial charge in [0.25, 0.3) is 0 Å². The van der Waals surface area contributed by atoms with Gasteiger partial charge in [0.05, 0.1) is 18.9 Å². The van der Waals surface area contributed by atoms with Gasteiger partial charge in [0, 0.05) is 13.2 Å². The number of hydrogen-bond acceptors (Lipinski definition) is 2. The Kier molecular flexibility index (Phi) is 27.3. The molecular formula is C31H63FO2. The molecule has 0 aliphatic heterocycles. The van der Waals surface area contributed by atoms with Crippen LogP contribution in [-0.2, 0) is 9.47 Å². The zero-order chi connectivity index (χ0) is 25.0. The normalized spacial score (nSPS) is 13.4. The lowest BCUT2D eigenvalue weighted by Crippen LogP contribution is -2.37. The molecule has 0 aromatic carbocycles. The van der Waals surface area contributed by atoms with Crippen molar-refractivity contribution in [2.24, 2.45) is 0 Å². The molecule has 0 rings (SSSR count). The van der Waals surface area contributed by atoms with Gasteiger partial charge in [-0.15, -0.1) is 0 Å². The van der Waals surface area contributed by atoms with Gasteiger partial charge >= 0.3 is 0 Å². The summed E-state index contributed by atoms with van der Waals surface area (Å²) in [4.78, 5) is 0. The minimum atomic E-state index is -0.155. The van der Waals surface area contributed by atoms with E-state index in [1.165, 1.54) is 116 Å². The average molecular weight is 487 g/mol. The van der Waals surface area contributed by atoms with Crippen LogP contribution in [0.3, 0.4) is 0 Å². The predicted molar refractivity (Wildman–Crippen MR) is 149 cm³/mol. The largest absolute Gasteiger partial charge is 0.378 e. The molecule has 1 unspecified atom stereocenters. The van der Waals surface area contributed by atoms with Crippen LogP contribution in [0.5, 0.6) is 0 Å². The van der Waals surface area contributed by atoms with Crippen molar-refractivity contribution in [1.82, 2.24) is 0 Å². The molecule has 0 N–H and O–H groups in total. The van der Waals surface area contributed by atoms with E-state index in [9.17, 15) is 4.39 Å². The van der Waals surface area contributed by atoms with Crippen molar-refractivity contribution < 1.29 is 13.9 Å². The number of alkyl halides is 1. The van der Waals surface area contributed by atoms with Crippen LogP contribution >= 0.6 is 0 Å². The number of unbranched alkanes of at least 4 members (excludes halogenated alkanes) is 19. The molecule has 206 valence electrons. The van der Waals surface area contributed by atoms with Gasteiger partial charge in [0.2, 0.25) is 0 Å². The topological polar surface area (TPSA) is 18.5 Å². The second-order valence-corrected chi connectivity index (χ2v) is 10.5. The Labute approximate surface area is 214 Å². The minimum absolute atomic E-state index is 0.0804. The Morgan fingerprint density at radius 2 is 0.971 bits per heavy atom. The molecule has 0 aliphatic carbocycles. The Balaban J connectivity index is 3.70. The van der Waals surface area contributed by atoms with E-state index in [4.69, 9.17) is 9.47 Å². The summed E-state index contributed by atoms with van der Waals surface area (Å²) in [7, 11) is 0. The highest BCUT2D eigenvalue weighted by Crippen LogP contribution is 2.25. The van der Waals surface area contributed by atoms with Gasteiger partial charge in [0.1, 0.15) is 0 Å².